The number of carbonyl (C=O) groups excluding carboxylic acids is 1. The van der Waals surface area contributed by atoms with E-state index in [-0.39, 0.29) is 67.9 Å². The van der Waals surface area contributed by atoms with Gasteiger partial charge in [-0.1, -0.05) is 48.3 Å². The summed E-state index contributed by atoms with van der Waals surface area (Å²) >= 11 is 0. The van der Waals surface area contributed by atoms with Gasteiger partial charge in [-0.15, -0.1) is 6.58 Å². The van der Waals surface area contributed by atoms with Crippen LogP contribution in [0.15, 0.2) is 120 Å². The molecule has 0 saturated heterocycles. The number of benzene rings is 4. The number of aliphatic hydroxyl groups is 2. The lowest BCUT2D eigenvalue weighted by atomic mass is 9.55. The number of unbranched alkanes of at least 4 members (excludes halogenated alkanes) is 2. The molecule has 2 aliphatic carbocycles. The lowest BCUT2D eigenvalue weighted by molar-refractivity contribution is -0.384. The highest BCUT2D eigenvalue weighted by molar-refractivity contribution is 6.03. The number of nitro groups is 1. The van der Waals surface area contributed by atoms with Gasteiger partial charge in [0.05, 0.1) is 40.9 Å². The molecule has 3 aliphatic rings. The summed E-state index contributed by atoms with van der Waals surface area (Å²) in [7, 11) is 0. The molecule has 0 unspecified atom stereocenters. The lowest BCUT2D eigenvalue weighted by Gasteiger charge is -2.60. The zero-order valence-electron chi connectivity index (χ0n) is 37.6. The number of carbonyl (C=O) groups is 1. The van der Waals surface area contributed by atoms with Gasteiger partial charge in [-0.3, -0.25) is 14.9 Å². The second kappa shape index (κ2) is 20.8. The molecule has 66 heavy (non-hydrogen) atoms. The van der Waals surface area contributed by atoms with Crippen LogP contribution in [0.3, 0.4) is 0 Å². The fourth-order valence-corrected chi connectivity index (χ4v) is 9.66. The van der Waals surface area contributed by atoms with E-state index < -0.39 is 34.1 Å². The van der Waals surface area contributed by atoms with E-state index in [0.29, 0.717) is 59.6 Å². The standard InChI is InChI=1S/C52H57FN4O9/c1-5-27-63-52-47(56(33-35-17-21-38(53)22-18-35)50(60)36-19-15-34(32-54)16-20-36)31-45(55-66-51(2,3)4)43-28-37(11-6-8-25-58)42(14-7-9-26-59)48(49(43)52)44-30-41(23-24-46(44)65-52)64-40-13-10-12-39(29-40)57(61)62/h5,10,12-13,15-24,28-30,37,42,47-49,58-59H,1,6-9,11,14,25-27,31,33H2,2-4H3/t37-,42+,47-,48+,49+,52+/m0/s1. The van der Waals surface area contributed by atoms with Gasteiger partial charge in [0.2, 0.25) is 5.79 Å². The van der Waals surface area contributed by atoms with Crippen LogP contribution in [0.1, 0.15) is 98.7 Å². The fraction of sp³-hybridized carbons (Fsp3) is 0.404. The SMILES string of the molecule is C=CCO[C@@]12Oc3ccc(Oc4cccc([N+](=O)[O-])c4)cc3[C@H]3[C@H](CCCCO)[C@@H](CCCCO)C=C(C(=NOC(C)(C)C)C[C@@H]1N(Cc1ccc(F)cc1)C(=O)c1ccc(C#N)cc1)[C@H]32. The van der Waals surface area contributed by atoms with Crippen LogP contribution in [0.25, 0.3) is 0 Å². The minimum atomic E-state index is -1.60. The summed E-state index contributed by atoms with van der Waals surface area (Å²) in [5.41, 5.74) is 2.76. The molecular weight excluding hydrogens is 844 g/mol. The first-order valence-electron chi connectivity index (χ1n) is 22.5. The van der Waals surface area contributed by atoms with Crippen LogP contribution in [0.4, 0.5) is 10.1 Å². The van der Waals surface area contributed by atoms with Gasteiger partial charge >= 0.3 is 0 Å². The maximum Gasteiger partial charge on any atom is 0.273 e. The van der Waals surface area contributed by atoms with Crippen LogP contribution in [0, 0.1) is 45.0 Å². The zero-order valence-corrected chi connectivity index (χ0v) is 37.6. The van der Waals surface area contributed by atoms with Gasteiger partial charge in [0, 0.05) is 49.3 Å². The quantitative estimate of drug-likeness (QED) is 0.0398. The van der Waals surface area contributed by atoms with Crippen molar-refractivity contribution in [1.82, 2.24) is 4.90 Å². The average molecular weight is 901 g/mol. The van der Waals surface area contributed by atoms with E-state index in [2.05, 4.69) is 18.7 Å². The van der Waals surface area contributed by atoms with Crippen molar-refractivity contribution in [3.05, 3.63) is 153 Å². The van der Waals surface area contributed by atoms with Crippen LogP contribution < -0.4 is 9.47 Å². The third-order valence-corrected chi connectivity index (χ3v) is 12.5. The van der Waals surface area contributed by atoms with Crippen LogP contribution in [-0.2, 0) is 16.1 Å². The van der Waals surface area contributed by atoms with Gasteiger partial charge < -0.3 is 34.2 Å². The molecule has 4 aromatic carbocycles. The fourth-order valence-electron chi connectivity index (χ4n) is 9.66. The number of nitrogens with zero attached hydrogens (tertiary/aromatic N) is 4. The molecule has 6 atom stereocenters. The van der Waals surface area contributed by atoms with Gasteiger partial charge in [-0.25, -0.2) is 4.39 Å². The Morgan fingerprint density at radius 3 is 2.39 bits per heavy atom. The van der Waals surface area contributed by atoms with Crippen LogP contribution in [0.2, 0.25) is 0 Å². The maximum atomic E-state index is 15.3. The van der Waals surface area contributed by atoms with Gasteiger partial charge in [-0.2, -0.15) is 5.26 Å². The first kappa shape index (κ1) is 47.6. The molecule has 1 fully saturated rings. The topological polar surface area (TPSA) is 177 Å². The van der Waals surface area contributed by atoms with E-state index >= 15 is 4.79 Å². The van der Waals surface area contributed by atoms with Crippen molar-refractivity contribution >= 4 is 17.3 Å². The van der Waals surface area contributed by atoms with E-state index in [1.54, 1.807) is 71.6 Å². The lowest BCUT2D eigenvalue weighted by Crippen LogP contribution is -2.70. The maximum absolute atomic E-state index is 15.3. The molecule has 2 N–H and O–H groups in total. The number of aliphatic hydroxyl groups excluding tert-OH is 2. The van der Waals surface area contributed by atoms with E-state index in [1.165, 1.54) is 24.3 Å². The van der Waals surface area contributed by atoms with E-state index in [9.17, 15) is 30.0 Å². The number of allylic oxidation sites excluding steroid dienone is 1. The smallest absolute Gasteiger partial charge is 0.273 e. The van der Waals surface area contributed by atoms with Crippen molar-refractivity contribution in [2.45, 2.75) is 95.6 Å². The molecule has 0 bridgehead atoms. The van der Waals surface area contributed by atoms with E-state index in [1.807, 2.05) is 26.8 Å². The molecule has 1 aliphatic heterocycles. The summed E-state index contributed by atoms with van der Waals surface area (Å²) in [6, 6.07) is 25.0. The molecule has 13 nitrogen and oxygen atoms in total. The third-order valence-electron chi connectivity index (χ3n) is 12.5. The number of fused-ring (bicyclic) bond motifs is 2. The highest BCUT2D eigenvalue weighted by Crippen LogP contribution is 2.62. The molecule has 1 saturated carbocycles. The Morgan fingerprint density at radius 2 is 1.73 bits per heavy atom. The van der Waals surface area contributed by atoms with Crippen molar-refractivity contribution in [1.29, 1.82) is 5.26 Å². The van der Waals surface area contributed by atoms with Crippen LogP contribution >= 0.6 is 0 Å². The summed E-state index contributed by atoms with van der Waals surface area (Å²) < 4.78 is 35.2. The summed E-state index contributed by atoms with van der Waals surface area (Å²) in [6.45, 7) is 9.84. The number of nitriles is 1. The molecule has 1 amide bonds. The van der Waals surface area contributed by atoms with Crippen molar-refractivity contribution in [3.8, 4) is 23.3 Å². The Kier molecular flexibility index (Phi) is 15.0. The molecule has 1 heterocycles. The van der Waals surface area contributed by atoms with Crippen LogP contribution in [-0.4, -0.2) is 68.9 Å². The monoisotopic (exact) mass is 900 g/mol. The summed E-state index contributed by atoms with van der Waals surface area (Å²) in [6.07, 6.45) is 8.07. The highest BCUT2D eigenvalue weighted by atomic mass is 19.1. The highest BCUT2D eigenvalue weighted by Gasteiger charge is 2.65. The Bertz CT molecular complexity index is 2480. The number of hydrogen-bond donors (Lipinski definition) is 2. The number of nitro benzene ring substituents is 1. The zero-order chi connectivity index (χ0) is 47.0. The van der Waals surface area contributed by atoms with Gasteiger partial charge in [0.15, 0.2) is 0 Å². The van der Waals surface area contributed by atoms with Crippen molar-refractivity contribution in [2.75, 3.05) is 19.8 Å². The van der Waals surface area contributed by atoms with Crippen molar-refractivity contribution in [2.24, 2.45) is 22.9 Å². The first-order valence-corrected chi connectivity index (χ1v) is 22.5. The van der Waals surface area contributed by atoms with Crippen molar-refractivity contribution in [3.63, 3.8) is 0 Å². The number of halogens is 1. The normalized spacial score (nSPS) is 22.5. The summed E-state index contributed by atoms with van der Waals surface area (Å²) in [5, 5.41) is 46.2. The second-order valence-corrected chi connectivity index (χ2v) is 18.1. The van der Waals surface area contributed by atoms with Crippen molar-refractivity contribution < 1.29 is 43.4 Å². The molecular formula is C52H57FN4O9. The van der Waals surface area contributed by atoms with Crippen LogP contribution in [0.5, 0.6) is 17.2 Å². The van der Waals surface area contributed by atoms with E-state index in [4.69, 9.17) is 24.2 Å². The summed E-state index contributed by atoms with van der Waals surface area (Å²) in [5.74, 6) is -2.39. The predicted molar refractivity (Wildman–Crippen MR) is 246 cm³/mol. The van der Waals surface area contributed by atoms with Gasteiger partial charge in [0.25, 0.3) is 11.6 Å². The largest absolute Gasteiger partial charge is 0.459 e. The van der Waals surface area contributed by atoms with E-state index in [0.717, 1.165) is 24.0 Å². The summed E-state index contributed by atoms with van der Waals surface area (Å²) in [4.78, 5) is 34.5. The number of amides is 1. The molecule has 346 valence electrons. The Hall–Kier alpha value is -6.40. The predicted octanol–water partition coefficient (Wildman–Crippen LogP) is 10.2. The second-order valence-electron chi connectivity index (χ2n) is 18.1. The first-order chi connectivity index (χ1) is 31.8. The molecule has 14 heteroatoms. The molecule has 0 spiro atoms. The van der Waals surface area contributed by atoms with Gasteiger partial charge in [0.1, 0.15) is 34.7 Å². The molecule has 7 rings (SSSR count). The number of rotatable bonds is 19. The Balaban J connectivity index is 1.49. The molecule has 0 radical (unpaired) electrons. The minimum absolute atomic E-state index is 0.0166. The molecule has 4 aromatic rings. The molecule has 0 aromatic heterocycles. The van der Waals surface area contributed by atoms with Gasteiger partial charge in [-0.05, 0) is 130 Å². The minimum Gasteiger partial charge on any atom is -0.459 e. The number of non-ortho nitro benzene ring substituents is 1. The Morgan fingerprint density at radius 1 is 1.02 bits per heavy atom. The Labute approximate surface area is 384 Å². The number of hydrogen-bond acceptors (Lipinski definition) is 11. The number of oxime groups is 1. The average Bonchev–Trinajstić information content (AvgIpc) is 3.31. The number of ether oxygens (including phenoxy) is 3. The third kappa shape index (κ3) is 10.5.